The van der Waals surface area contributed by atoms with E-state index >= 15 is 0 Å². The predicted octanol–water partition coefficient (Wildman–Crippen LogP) is 2.54. The van der Waals surface area contributed by atoms with E-state index in [1.807, 2.05) is 30.3 Å². The van der Waals surface area contributed by atoms with E-state index in [9.17, 15) is 14.4 Å². The third-order valence-corrected chi connectivity index (χ3v) is 4.40. The van der Waals surface area contributed by atoms with E-state index in [-0.39, 0.29) is 18.4 Å². The molecule has 0 aromatic heterocycles. The van der Waals surface area contributed by atoms with Gasteiger partial charge in [-0.1, -0.05) is 24.3 Å². The van der Waals surface area contributed by atoms with E-state index < -0.39 is 5.91 Å². The van der Waals surface area contributed by atoms with Crippen molar-refractivity contribution < 1.29 is 14.4 Å². The molecule has 26 heavy (non-hydrogen) atoms. The first-order valence-corrected chi connectivity index (χ1v) is 8.08. The summed E-state index contributed by atoms with van der Waals surface area (Å²) in [5.74, 6) is -1.04. The highest BCUT2D eigenvalue weighted by molar-refractivity contribution is 6.26. The molecule has 0 radical (unpaired) electrons. The van der Waals surface area contributed by atoms with Gasteiger partial charge in [-0.2, -0.15) is 0 Å². The Kier molecular flexibility index (Phi) is 3.65. The van der Waals surface area contributed by atoms with Crippen LogP contribution in [0.3, 0.4) is 0 Å². The van der Waals surface area contributed by atoms with Gasteiger partial charge in [-0.15, -0.1) is 0 Å². The van der Waals surface area contributed by atoms with Crippen molar-refractivity contribution in [2.24, 2.45) is 5.73 Å². The molecule has 6 nitrogen and oxygen atoms in total. The van der Waals surface area contributed by atoms with E-state index in [0.717, 1.165) is 16.5 Å². The van der Waals surface area contributed by atoms with Gasteiger partial charge < -0.3 is 11.1 Å². The second-order valence-electron chi connectivity index (χ2n) is 6.06. The fourth-order valence-corrected chi connectivity index (χ4v) is 3.20. The maximum absolute atomic E-state index is 12.7. The van der Waals surface area contributed by atoms with Crippen molar-refractivity contribution in [1.29, 1.82) is 0 Å². The summed E-state index contributed by atoms with van der Waals surface area (Å²) < 4.78 is 0. The van der Waals surface area contributed by atoms with Gasteiger partial charge in [0, 0.05) is 22.2 Å². The SMILES string of the molecule is NC(=O)c1ccc(NC(=O)CN2C(=O)c3cccc4cccc2c34)cc1. The number of nitrogens with zero attached hydrogens (tertiary/aromatic N) is 1. The number of hydrogen-bond acceptors (Lipinski definition) is 3. The molecule has 0 fully saturated rings. The van der Waals surface area contributed by atoms with Crippen molar-refractivity contribution >= 4 is 39.9 Å². The quantitative estimate of drug-likeness (QED) is 0.761. The van der Waals surface area contributed by atoms with Crippen LogP contribution in [0, 0.1) is 0 Å². The van der Waals surface area contributed by atoms with Gasteiger partial charge in [0.2, 0.25) is 11.8 Å². The van der Waals surface area contributed by atoms with E-state index in [2.05, 4.69) is 5.32 Å². The first-order valence-electron chi connectivity index (χ1n) is 8.08. The van der Waals surface area contributed by atoms with Crippen LogP contribution in [0.15, 0.2) is 60.7 Å². The third kappa shape index (κ3) is 2.57. The van der Waals surface area contributed by atoms with Gasteiger partial charge in [-0.05, 0) is 41.8 Å². The number of carbonyl (C=O) groups is 3. The highest BCUT2D eigenvalue weighted by Crippen LogP contribution is 2.36. The summed E-state index contributed by atoms with van der Waals surface area (Å²) >= 11 is 0. The van der Waals surface area contributed by atoms with E-state index in [1.54, 1.807) is 18.2 Å². The van der Waals surface area contributed by atoms with E-state index in [0.29, 0.717) is 16.8 Å². The minimum atomic E-state index is -0.531. The molecule has 1 aliphatic rings. The van der Waals surface area contributed by atoms with Crippen molar-refractivity contribution in [2.75, 3.05) is 16.8 Å². The zero-order chi connectivity index (χ0) is 18.3. The second kappa shape index (κ2) is 6.00. The van der Waals surface area contributed by atoms with Gasteiger partial charge >= 0.3 is 0 Å². The lowest BCUT2D eigenvalue weighted by molar-refractivity contribution is -0.114. The Morgan fingerprint density at radius 1 is 0.962 bits per heavy atom. The minimum Gasteiger partial charge on any atom is -0.366 e. The van der Waals surface area contributed by atoms with Crippen molar-refractivity contribution in [3.8, 4) is 0 Å². The van der Waals surface area contributed by atoms with Crippen LogP contribution in [0.2, 0.25) is 0 Å². The number of primary amides is 1. The second-order valence-corrected chi connectivity index (χ2v) is 6.06. The topological polar surface area (TPSA) is 92.5 Å². The van der Waals surface area contributed by atoms with Crippen LogP contribution in [-0.2, 0) is 4.79 Å². The van der Waals surface area contributed by atoms with Gasteiger partial charge in [-0.25, -0.2) is 0 Å². The van der Waals surface area contributed by atoms with Crippen LogP contribution >= 0.6 is 0 Å². The molecule has 3 aromatic rings. The van der Waals surface area contributed by atoms with Crippen molar-refractivity contribution in [1.82, 2.24) is 0 Å². The van der Waals surface area contributed by atoms with Crippen molar-refractivity contribution in [2.45, 2.75) is 0 Å². The van der Waals surface area contributed by atoms with Gasteiger partial charge in [0.15, 0.2) is 0 Å². The highest BCUT2D eigenvalue weighted by Gasteiger charge is 2.30. The summed E-state index contributed by atoms with van der Waals surface area (Å²) in [6.07, 6.45) is 0. The first kappa shape index (κ1) is 15.8. The van der Waals surface area contributed by atoms with E-state index in [1.165, 1.54) is 17.0 Å². The molecule has 0 spiro atoms. The standard InChI is InChI=1S/C20H15N3O3/c21-19(25)13-7-9-14(10-8-13)22-17(24)11-23-16-6-2-4-12-3-1-5-15(18(12)16)20(23)26/h1-10H,11H2,(H2,21,25)(H,22,24). The molecule has 1 aliphatic heterocycles. The molecular formula is C20H15N3O3. The molecular weight excluding hydrogens is 330 g/mol. The Bertz CT molecular complexity index is 1050. The zero-order valence-corrected chi connectivity index (χ0v) is 13.7. The van der Waals surface area contributed by atoms with Crippen molar-refractivity contribution in [3.05, 3.63) is 71.8 Å². The first-order chi connectivity index (χ1) is 12.5. The Morgan fingerprint density at radius 2 is 1.65 bits per heavy atom. The molecule has 6 heteroatoms. The largest absolute Gasteiger partial charge is 0.366 e. The lowest BCUT2D eigenvalue weighted by atomic mass is 10.1. The molecule has 1 heterocycles. The fourth-order valence-electron chi connectivity index (χ4n) is 3.20. The Hall–Kier alpha value is -3.67. The smallest absolute Gasteiger partial charge is 0.259 e. The third-order valence-electron chi connectivity index (χ3n) is 4.40. The molecule has 0 atom stereocenters. The number of carbonyl (C=O) groups excluding carboxylic acids is 3. The lowest BCUT2D eigenvalue weighted by Crippen LogP contribution is -2.35. The Morgan fingerprint density at radius 3 is 2.35 bits per heavy atom. The fraction of sp³-hybridized carbons (Fsp3) is 0.0500. The van der Waals surface area contributed by atoms with Crippen LogP contribution < -0.4 is 16.0 Å². The van der Waals surface area contributed by atoms with Gasteiger partial charge in [0.1, 0.15) is 6.54 Å². The van der Waals surface area contributed by atoms with Crippen molar-refractivity contribution in [3.63, 3.8) is 0 Å². The Balaban J connectivity index is 1.55. The molecule has 0 bridgehead atoms. The molecule has 3 aromatic carbocycles. The maximum atomic E-state index is 12.7. The summed E-state index contributed by atoms with van der Waals surface area (Å²) in [4.78, 5) is 37.7. The average Bonchev–Trinajstić information content (AvgIpc) is 2.90. The van der Waals surface area contributed by atoms with Crippen LogP contribution in [0.4, 0.5) is 11.4 Å². The molecule has 3 amide bonds. The summed E-state index contributed by atoms with van der Waals surface area (Å²) in [5.41, 5.74) is 7.43. The summed E-state index contributed by atoms with van der Waals surface area (Å²) in [7, 11) is 0. The summed E-state index contributed by atoms with van der Waals surface area (Å²) in [5, 5.41) is 4.57. The number of rotatable bonds is 4. The molecule has 0 saturated carbocycles. The van der Waals surface area contributed by atoms with Gasteiger partial charge in [0.25, 0.3) is 5.91 Å². The van der Waals surface area contributed by atoms with E-state index in [4.69, 9.17) is 5.73 Å². The Labute approximate surface area is 149 Å². The summed E-state index contributed by atoms with van der Waals surface area (Å²) in [6, 6.07) is 17.5. The molecule has 0 aliphatic carbocycles. The number of nitrogens with one attached hydrogen (secondary N) is 1. The molecule has 128 valence electrons. The molecule has 0 saturated heterocycles. The average molecular weight is 345 g/mol. The number of nitrogens with two attached hydrogens (primary N) is 1. The zero-order valence-electron chi connectivity index (χ0n) is 13.7. The van der Waals surface area contributed by atoms with Crippen LogP contribution in [0.1, 0.15) is 20.7 Å². The molecule has 4 rings (SSSR count). The lowest BCUT2D eigenvalue weighted by Gasteiger charge is -2.17. The number of hydrogen-bond donors (Lipinski definition) is 2. The summed E-state index contributed by atoms with van der Waals surface area (Å²) in [6.45, 7) is -0.0931. The normalized spacial score (nSPS) is 12.5. The van der Waals surface area contributed by atoms with Gasteiger partial charge in [-0.3, -0.25) is 19.3 Å². The monoisotopic (exact) mass is 345 g/mol. The molecule has 0 unspecified atom stereocenters. The van der Waals surface area contributed by atoms with Gasteiger partial charge in [0.05, 0.1) is 5.69 Å². The van der Waals surface area contributed by atoms with Crippen LogP contribution in [0.5, 0.6) is 0 Å². The minimum absolute atomic E-state index is 0.0931. The number of anilines is 2. The predicted molar refractivity (Wildman–Crippen MR) is 99.2 cm³/mol. The maximum Gasteiger partial charge on any atom is 0.259 e. The number of benzene rings is 3. The number of amides is 3. The van der Waals surface area contributed by atoms with Crippen LogP contribution in [-0.4, -0.2) is 24.3 Å². The van der Waals surface area contributed by atoms with Crippen LogP contribution in [0.25, 0.3) is 10.8 Å². The molecule has 3 N–H and O–H groups in total. The highest BCUT2D eigenvalue weighted by atomic mass is 16.2.